The van der Waals surface area contributed by atoms with E-state index in [1.807, 2.05) is 0 Å². The quantitative estimate of drug-likeness (QED) is 0.280. The van der Waals surface area contributed by atoms with Crippen LogP contribution in [0.2, 0.25) is 0 Å². The first-order valence-corrected chi connectivity index (χ1v) is 10.8. The SMILES string of the molecule is CCCCNC(=O)OCCCCCCCCCCCCCCCCO. The fourth-order valence-electron chi connectivity index (χ4n) is 2.92. The molecule has 1 amide bonds. The lowest BCUT2D eigenvalue weighted by Crippen LogP contribution is -2.25. The van der Waals surface area contributed by atoms with Crippen LogP contribution in [0.1, 0.15) is 110 Å². The van der Waals surface area contributed by atoms with E-state index in [1.54, 1.807) is 0 Å². The molecule has 0 aromatic carbocycles. The summed E-state index contributed by atoms with van der Waals surface area (Å²) in [4.78, 5) is 11.3. The summed E-state index contributed by atoms with van der Waals surface area (Å²) in [6.07, 6.45) is 19.5. The number of carbonyl (C=O) groups excluding carboxylic acids is 1. The number of unbranched alkanes of at least 4 members (excludes halogenated alkanes) is 14. The number of hydrogen-bond donors (Lipinski definition) is 2. The van der Waals surface area contributed by atoms with Gasteiger partial charge in [0.1, 0.15) is 0 Å². The van der Waals surface area contributed by atoms with Gasteiger partial charge in [-0.3, -0.25) is 0 Å². The Kier molecular flexibility index (Phi) is 20.6. The number of ether oxygens (including phenoxy) is 1. The highest BCUT2D eigenvalue weighted by Gasteiger charge is 2.00. The molecular formula is C21H43NO3. The highest BCUT2D eigenvalue weighted by molar-refractivity contribution is 5.66. The summed E-state index contributed by atoms with van der Waals surface area (Å²) in [6.45, 7) is 3.73. The average molecular weight is 358 g/mol. The van der Waals surface area contributed by atoms with Crippen LogP contribution in [0, 0.1) is 0 Å². The molecule has 0 spiro atoms. The molecule has 0 atom stereocenters. The fourth-order valence-corrected chi connectivity index (χ4v) is 2.92. The molecule has 0 aliphatic heterocycles. The number of rotatable bonds is 19. The van der Waals surface area contributed by atoms with Crippen molar-refractivity contribution in [1.29, 1.82) is 0 Å². The number of alkyl carbamates (subject to hydrolysis) is 1. The number of hydrogen-bond acceptors (Lipinski definition) is 3. The fraction of sp³-hybridized carbons (Fsp3) is 0.952. The predicted octanol–water partition coefficient (Wildman–Crippen LogP) is 5.97. The molecule has 0 radical (unpaired) electrons. The van der Waals surface area contributed by atoms with Crippen LogP contribution in [-0.2, 0) is 4.74 Å². The van der Waals surface area contributed by atoms with E-state index >= 15 is 0 Å². The summed E-state index contributed by atoms with van der Waals surface area (Å²) < 4.78 is 5.14. The maximum Gasteiger partial charge on any atom is 0.407 e. The molecule has 0 aromatic rings. The van der Waals surface area contributed by atoms with Crippen LogP contribution in [0.3, 0.4) is 0 Å². The molecule has 0 bridgehead atoms. The third-order valence-corrected chi connectivity index (χ3v) is 4.59. The van der Waals surface area contributed by atoms with Gasteiger partial charge in [-0.1, -0.05) is 90.4 Å². The van der Waals surface area contributed by atoms with Crippen LogP contribution in [0.5, 0.6) is 0 Å². The van der Waals surface area contributed by atoms with Crippen LogP contribution in [0.4, 0.5) is 4.79 Å². The molecule has 2 N–H and O–H groups in total. The molecule has 0 saturated heterocycles. The van der Waals surface area contributed by atoms with Crippen molar-refractivity contribution in [2.75, 3.05) is 19.8 Å². The summed E-state index contributed by atoms with van der Waals surface area (Å²) in [5.41, 5.74) is 0. The minimum atomic E-state index is -0.262. The van der Waals surface area contributed by atoms with Crippen molar-refractivity contribution in [1.82, 2.24) is 5.32 Å². The molecule has 0 aromatic heterocycles. The summed E-state index contributed by atoms with van der Waals surface area (Å²) >= 11 is 0. The molecule has 4 nitrogen and oxygen atoms in total. The first kappa shape index (κ1) is 24.2. The smallest absolute Gasteiger partial charge is 0.407 e. The van der Waals surface area contributed by atoms with Gasteiger partial charge in [0.15, 0.2) is 0 Å². The zero-order valence-electron chi connectivity index (χ0n) is 16.7. The molecule has 4 heteroatoms. The van der Waals surface area contributed by atoms with E-state index in [4.69, 9.17) is 9.84 Å². The highest BCUT2D eigenvalue weighted by Crippen LogP contribution is 2.12. The van der Waals surface area contributed by atoms with Gasteiger partial charge in [0.2, 0.25) is 0 Å². The summed E-state index contributed by atoms with van der Waals surface area (Å²) in [5.74, 6) is 0. The van der Waals surface area contributed by atoms with Gasteiger partial charge in [0.05, 0.1) is 6.61 Å². The monoisotopic (exact) mass is 357 g/mol. The van der Waals surface area contributed by atoms with Crippen molar-refractivity contribution >= 4 is 6.09 Å². The minimum Gasteiger partial charge on any atom is -0.450 e. The molecule has 0 fully saturated rings. The number of carbonyl (C=O) groups is 1. The van der Waals surface area contributed by atoms with Crippen LogP contribution >= 0.6 is 0 Å². The van der Waals surface area contributed by atoms with Crippen molar-refractivity contribution in [3.05, 3.63) is 0 Å². The van der Waals surface area contributed by atoms with E-state index < -0.39 is 0 Å². The van der Waals surface area contributed by atoms with Gasteiger partial charge in [-0.2, -0.15) is 0 Å². The Labute approximate surface area is 156 Å². The molecule has 0 saturated carbocycles. The second-order valence-electron chi connectivity index (χ2n) is 7.09. The van der Waals surface area contributed by atoms with Crippen molar-refractivity contribution in [3.8, 4) is 0 Å². The minimum absolute atomic E-state index is 0.262. The molecule has 0 rings (SSSR count). The Morgan fingerprint density at radius 1 is 0.720 bits per heavy atom. The van der Waals surface area contributed by atoms with Gasteiger partial charge < -0.3 is 15.2 Å². The normalized spacial score (nSPS) is 10.8. The number of aliphatic hydroxyl groups excluding tert-OH is 1. The van der Waals surface area contributed by atoms with Crippen molar-refractivity contribution in [2.24, 2.45) is 0 Å². The predicted molar refractivity (Wildman–Crippen MR) is 106 cm³/mol. The Balaban J connectivity index is 3.06. The van der Waals surface area contributed by atoms with Gasteiger partial charge in [-0.25, -0.2) is 4.79 Å². The van der Waals surface area contributed by atoms with E-state index in [0.717, 1.165) is 38.6 Å². The topological polar surface area (TPSA) is 58.6 Å². The van der Waals surface area contributed by atoms with Gasteiger partial charge in [0, 0.05) is 13.2 Å². The number of aliphatic hydroxyl groups is 1. The van der Waals surface area contributed by atoms with Gasteiger partial charge in [-0.15, -0.1) is 0 Å². The Morgan fingerprint density at radius 2 is 1.16 bits per heavy atom. The maximum absolute atomic E-state index is 11.3. The van der Waals surface area contributed by atoms with E-state index in [1.165, 1.54) is 70.6 Å². The lowest BCUT2D eigenvalue weighted by Gasteiger charge is -2.06. The van der Waals surface area contributed by atoms with Gasteiger partial charge in [0.25, 0.3) is 0 Å². The van der Waals surface area contributed by atoms with E-state index in [-0.39, 0.29) is 6.09 Å². The van der Waals surface area contributed by atoms with Crippen LogP contribution in [0.15, 0.2) is 0 Å². The lowest BCUT2D eigenvalue weighted by atomic mass is 10.0. The molecule has 150 valence electrons. The molecule has 0 unspecified atom stereocenters. The highest BCUT2D eigenvalue weighted by atomic mass is 16.5. The first-order chi connectivity index (χ1) is 12.3. The number of nitrogens with one attached hydrogen (secondary N) is 1. The molecule has 0 aliphatic carbocycles. The van der Waals surface area contributed by atoms with Crippen molar-refractivity contribution in [2.45, 2.75) is 110 Å². The molecular weight excluding hydrogens is 314 g/mol. The molecule has 25 heavy (non-hydrogen) atoms. The van der Waals surface area contributed by atoms with Gasteiger partial charge >= 0.3 is 6.09 Å². The van der Waals surface area contributed by atoms with Crippen molar-refractivity contribution in [3.63, 3.8) is 0 Å². The second-order valence-corrected chi connectivity index (χ2v) is 7.09. The Hall–Kier alpha value is -0.770. The standard InChI is InChI=1S/C21H43NO3/c1-2-3-18-22-21(24)25-20-17-15-13-11-9-7-5-4-6-8-10-12-14-16-19-23/h23H,2-20H2,1H3,(H,22,24). The summed E-state index contributed by atoms with van der Waals surface area (Å²) in [6, 6.07) is 0. The van der Waals surface area contributed by atoms with Crippen LogP contribution in [-0.4, -0.2) is 31.0 Å². The third-order valence-electron chi connectivity index (χ3n) is 4.59. The zero-order valence-corrected chi connectivity index (χ0v) is 16.7. The van der Waals surface area contributed by atoms with Gasteiger partial charge in [-0.05, 0) is 19.3 Å². The Morgan fingerprint density at radius 3 is 1.60 bits per heavy atom. The lowest BCUT2D eigenvalue weighted by molar-refractivity contribution is 0.143. The average Bonchev–Trinajstić information content (AvgIpc) is 2.61. The second kappa shape index (κ2) is 21.3. The number of amides is 1. The zero-order chi connectivity index (χ0) is 18.4. The largest absolute Gasteiger partial charge is 0.450 e. The third kappa shape index (κ3) is 21.2. The Bertz CT molecular complexity index is 272. The van der Waals surface area contributed by atoms with E-state index in [0.29, 0.717) is 13.2 Å². The summed E-state index contributed by atoms with van der Waals surface area (Å²) in [7, 11) is 0. The van der Waals surface area contributed by atoms with E-state index in [9.17, 15) is 4.79 Å². The molecule has 0 heterocycles. The van der Waals surface area contributed by atoms with E-state index in [2.05, 4.69) is 12.2 Å². The van der Waals surface area contributed by atoms with Crippen LogP contribution < -0.4 is 5.32 Å². The van der Waals surface area contributed by atoms with Crippen molar-refractivity contribution < 1.29 is 14.6 Å². The maximum atomic E-state index is 11.3. The van der Waals surface area contributed by atoms with Crippen LogP contribution in [0.25, 0.3) is 0 Å². The summed E-state index contributed by atoms with van der Waals surface area (Å²) in [5, 5.41) is 11.5. The first-order valence-electron chi connectivity index (χ1n) is 10.8. The molecule has 0 aliphatic rings.